The summed E-state index contributed by atoms with van der Waals surface area (Å²) in [6.07, 6.45) is 3.73. The summed E-state index contributed by atoms with van der Waals surface area (Å²) in [6, 6.07) is 0. The summed E-state index contributed by atoms with van der Waals surface area (Å²) in [4.78, 5) is 11.3. The van der Waals surface area contributed by atoms with Gasteiger partial charge in [0, 0.05) is 12.0 Å². The smallest absolute Gasteiger partial charge is 0.163 e. The molecule has 0 aromatic heterocycles. The lowest BCUT2D eigenvalue weighted by molar-refractivity contribution is -0.116. The number of hydrogen-bond donors (Lipinski definition) is 0. The lowest BCUT2D eigenvalue weighted by atomic mass is 9.87. The molecule has 1 heteroatoms. The van der Waals surface area contributed by atoms with Crippen molar-refractivity contribution in [2.24, 2.45) is 5.92 Å². The maximum absolute atomic E-state index is 11.3. The first-order chi connectivity index (χ1) is 5.11. The maximum atomic E-state index is 11.3. The van der Waals surface area contributed by atoms with Crippen LogP contribution in [0.2, 0.25) is 0 Å². The van der Waals surface area contributed by atoms with Crippen molar-refractivity contribution in [3.8, 4) is 0 Å². The van der Waals surface area contributed by atoms with E-state index in [1.54, 1.807) is 0 Å². The Morgan fingerprint density at radius 3 is 2.82 bits per heavy atom. The molecule has 0 aromatic rings. The van der Waals surface area contributed by atoms with E-state index in [0.717, 1.165) is 17.6 Å². The molecule has 1 nitrogen and oxygen atoms in total. The minimum Gasteiger partial charge on any atom is -0.294 e. The van der Waals surface area contributed by atoms with Gasteiger partial charge in [-0.25, -0.2) is 0 Å². The highest BCUT2D eigenvalue weighted by atomic mass is 16.1. The van der Waals surface area contributed by atoms with Gasteiger partial charge < -0.3 is 0 Å². The highest BCUT2D eigenvalue weighted by Crippen LogP contribution is 2.23. The molecule has 0 bridgehead atoms. The maximum Gasteiger partial charge on any atom is 0.163 e. The van der Waals surface area contributed by atoms with E-state index in [2.05, 4.69) is 13.5 Å². The highest BCUT2D eigenvalue weighted by Gasteiger charge is 2.18. The molecule has 0 heterocycles. The predicted octanol–water partition coefficient (Wildman–Crippen LogP) is 2.49. The summed E-state index contributed by atoms with van der Waals surface area (Å²) in [5.74, 6) is 0.779. The van der Waals surface area contributed by atoms with E-state index >= 15 is 0 Å². The third-order valence-electron chi connectivity index (χ3n) is 2.02. The van der Waals surface area contributed by atoms with E-state index in [0.29, 0.717) is 12.3 Å². The van der Waals surface area contributed by atoms with Crippen LogP contribution in [0.25, 0.3) is 0 Å². The van der Waals surface area contributed by atoms with Gasteiger partial charge >= 0.3 is 0 Å². The third kappa shape index (κ3) is 1.79. The van der Waals surface area contributed by atoms with E-state index in [1.807, 2.05) is 13.0 Å². The van der Waals surface area contributed by atoms with Crippen molar-refractivity contribution in [3.05, 3.63) is 23.8 Å². The second kappa shape index (κ2) is 3.04. The van der Waals surface area contributed by atoms with Crippen LogP contribution in [-0.4, -0.2) is 5.78 Å². The molecule has 0 amide bonds. The second-order valence-electron chi connectivity index (χ2n) is 3.37. The molecule has 0 aromatic carbocycles. The Morgan fingerprint density at radius 1 is 1.73 bits per heavy atom. The van der Waals surface area contributed by atoms with Crippen LogP contribution in [0, 0.1) is 5.92 Å². The van der Waals surface area contributed by atoms with Crippen molar-refractivity contribution in [2.45, 2.75) is 26.7 Å². The van der Waals surface area contributed by atoms with Crippen LogP contribution in [0.3, 0.4) is 0 Å². The van der Waals surface area contributed by atoms with Gasteiger partial charge in [0.2, 0.25) is 0 Å². The molecule has 1 rings (SSSR count). The summed E-state index contributed by atoms with van der Waals surface area (Å²) < 4.78 is 0. The van der Waals surface area contributed by atoms with E-state index in [4.69, 9.17) is 0 Å². The van der Waals surface area contributed by atoms with Gasteiger partial charge in [-0.2, -0.15) is 0 Å². The number of ketones is 1. The summed E-state index contributed by atoms with van der Waals surface area (Å²) >= 11 is 0. The summed E-state index contributed by atoms with van der Waals surface area (Å²) in [7, 11) is 0. The fourth-order valence-electron chi connectivity index (χ4n) is 1.35. The quantitative estimate of drug-likeness (QED) is 0.561. The van der Waals surface area contributed by atoms with Crippen LogP contribution in [-0.2, 0) is 4.79 Å². The SMILES string of the molecule is C=C(C)C1=CCC(C)CC1=O. The first-order valence-electron chi connectivity index (χ1n) is 4.00. The van der Waals surface area contributed by atoms with Crippen molar-refractivity contribution < 1.29 is 4.79 Å². The van der Waals surface area contributed by atoms with Crippen LogP contribution in [0.4, 0.5) is 0 Å². The van der Waals surface area contributed by atoms with E-state index in [1.165, 1.54) is 0 Å². The average Bonchev–Trinajstić information content (AvgIpc) is 1.85. The topological polar surface area (TPSA) is 17.1 Å². The van der Waals surface area contributed by atoms with Crippen molar-refractivity contribution in [1.82, 2.24) is 0 Å². The number of carbonyl (C=O) groups excluding carboxylic acids is 1. The molecule has 0 saturated carbocycles. The lowest BCUT2D eigenvalue weighted by Gasteiger charge is -2.16. The largest absolute Gasteiger partial charge is 0.294 e. The minimum absolute atomic E-state index is 0.260. The van der Waals surface area contributed by atoms with Gasteiger partial charge in [-0.05, 0) is 24.8 Å². The predicted molar refractivity (Wildman–Crippen MR) is 46.3 cm³/mol. The van der Waals surface area contributed by atoms with Gasteiger partial charge in [0.25, 0.3) is 0 Å². The van der Waals surface area contributed by atoms with Gasteiger partial charge in [-0.3, -0.25) is 4.79 Å². The van der Waals surface area contributed by atoms with Crippen LogP contribution in [0.15, 0.2) is 23.8 Å². The molecular formula is C10H14O. The summed E-state index contributed by atoms with van der Waals surface area (Å²) in [5, 5.41) is 0. The second-order valence-corrected chi connectivity index (χ2v) is 3.37. The molecule has 0 aliphatic heterocycles. The third-order valence-corrected chi connectivity index (χ3v) is 2.02. The highest BCUT2D eigenvalue weighted by molar-refractivity contribution is 5.99. The first kappa shape index (κ1) is 8.25. The van der Waals surface area contributed by atoms with Gasteiger partial charge in [-0.1, -0.05) is 19.6 Å². The summed E-state index contributed by atoms with van der Waals surface area (Å²) in [5.41, 5.74) is 1.75. The zero-order valence-corrected chi connectivity index (χ0v) is 7.18. The van der Waals surface area contributed by atoms with Gasteiger partial charge in [0.15, 0.2) is 5.78 Å². The number of rotatable bonds is 1. The zero-order chi connectivity index (χ0) is 8.43. The molecule has 1 atom stereocenters. The molecule has 0 fully saturated rings. The van der Waals surface area contributed by atoms with Crippen LogP contribution >= 0.6 is 0 Å². The average molecular weight is 150 g/mol. The van der Waals surface area contributed by atoms with E-state index < -0.39 is 0 Å². The number of allylic oxidation sites excluding steroid dienone is 3. The van der Waals surface area contributed by atoms with Gasteiger partial charge in [0.1, 0.15) is 0 Å². The van der Waals surface area contributed by atoms with Crippen LogP contribution < -0.4 is 0 Å². The van der Waals surface area contributed by atoms with Gasteiger partial charge in [-0.15, -0.1) is 0 Å². The molecule has 0 radical (unpaired) electrons. The molecule has 0 spiro atoms. The molecule has 11 heavy (non-hydrogen) atoms. The Labute approximate surface area is 67.8 Å². The minimum atomic E-state index is 0.260. The molecule has 60 valence electrons. The first-order valence-corrected chi connectivity index (χ1v) is 4.00. The summed E-state index contributed by atoms with van der Waals surface area (Å²) in [6.45, 7) is 7.75. The zero-order valence-electron chi connectivity index (χ0n) is 7.18. The molecule has 0 saturated heterocycles. The lowest BCUT2D eigenvalue weighted by Crippen LogP contribution is -2.13. The van der Waals surface area contributed by atoms with Crippen molar-refractivity contribution >= 4 is 5.78 Å². The Bertz CT molecular complexity index is 223. The van der Waals surface area contributed by atoms with Crippen molar-refractivity contribution in [3.63, 3.8) is 0 Å². The number of Topliss-reactive ketones (excluding diaryl/α,β-unsaturated/α-hetero) is 1. The Morgan fingerprint density at radius 2 is 2.36 bits per heavy atom. The van der Waals surface area contributed by atoms with E-state index in [9.17, 15) is 4.79 Å². The Hall–Kier alpha value is -0.850. The number of hydrogen-bond acceptors (Lipinski definition) is 1. The van der Waals surface area contributed by atoms with Crippen molar-refractivity contribution in [2.75, 3.05) is 0 Å². The monoisotopic (exact) mass is 150 g/mol. The molecule has 0 N–H and O–H groups in total. The normalized spacial score (nSPS) is 24.7. The fourth-order valence-corrected chi connectivity index (χ4v) is 1.35. The fraction of sp³-hybridized carbons (Fsp3) is 0.500. The van der Waals surface area contributed by atoms with Crippen LogP contribution in [0.5, 0.6) is 0 Å². The van der Waals surface area contributed by atoms with E-state index in [-0.39, 0.29) is 5.78 Å². The Kier molecular flexibility index (Phi) is 2.28. The molecule has 1 aliphatic rings. The van der Waals surface area contributed by atoms with Gasteiger partial charge in [0.05, 0.1) is 0 Å². The molecular weight excluding hydrogens is 136 g/mol. The molecule has 1 aliphatic carbocycles. The standard InChI is InChI=1S/C10H14O/c1-7(2)9-5-4-8(3)6-10(9)11/h5,8H,1,4,6H2,2-3H3. The number of carbonyl (C=O) groups is 1. The van der Waals surface area contributed by atoms with Crippen molar-refractivity contribution in [1.29, 1.82) is 0 Å². The van der Waals surface area contributed by atoms with Crippen LogP contribution in [0.1, 0.15) is 26.7 Å². The Balaban J connectivity index is 2.81. The molecule has 1 unspecified atom stereocenters.